The molecule has 0 spiro atoms. The predicted octanol–water partition coefficient (Wildman–Crippen LogP) is 6.81. The summed E-state index contributed by atoms with van der Waals surface area (Å²) in [6.45, 7) is 2.35. The van der Waals surface area contributed by atoms with Crippen LogP contribution in [0.4, 0.5) is 14.6 Å². The van der Waals surface area contributed by atoms with Gasteiger partial charge in [0.25, 0.3) is 0 Å². The van der Waals surface area contributed by atoms with Crippen LogP contribution in [0.25, 0.3) is 33.5 Å². The van der Waals surface area contributed by atoms with Gasteiger partial charge in [0.05, 0.1) is 11.2 Å². The summed E-state index contributed by atoms with van der Waals surface area (Å²) in [5.41, 5.74) is 2.60. The van der Waals surface area contributed by atoms with Gasteiger partial charge in [0.2, 0.25) is 0 Å². The first-order valence-electron chi connectivity index (χ1n) is 11.7. The van der Waals surface area contributed by atoms with Crippen molar-refractivity contribution in [3.05, 3.63) is 66.4 Å². The second-order valence-electron chi connectivity index (χ2n) is 9.54. The number of anilines is 1. The van der Waals surface area contributed by atoms with Crippen molar-refractivity contribution in [2.75, 3.05) is 5.32 Å². The van der Waals surface area contributed by atoms with Gasteiger partial charge < -0.3 is 10.3 Å². The average molecular weight is 445 g/mol. The lowest BCUT2D eigenvalue weighted by Crippen LogP contribution is -2.47. The molecule has 3 fully saturated rings. The van der Waals surface area contributed by atoms with Gasteiger partial charge >= 0.3 is 0 Å². The summed E-state index contributed by atoms with van der Waals surface area (Å²) < 4.78 is 28.3. The number of fused-ring (bicyclic) bond motifs is 4. The molecule has 2 aromatic carbocycles. The van der Waals surface area contributed by atoms with Crippen LogP contribution >= 0.6 is 0 Å². The predicted molar refractivity (Wildman–Crippen MR) is 127 cm³/mol. The first-order chi connectivity index (χ1) is 16.1. The minimum absolute atomic E-state index is 0.257. The van der Waals surface area contributed by atoms with Crippen LogP contribution in [0.3, 0.4) is 0 Å². The molecule has 2 atom stereocenters. The highest BCUT2D eigenvalue weighted by Crippen LogP contribution is 2.46. The van der Waals surface area contributed by atoms with E-state index in [0.717, 1.165) is 29.1 Å². The fourth-order valence-electron chi connectivity index (χ4n) is 5.91. The first kappa shape index (κ1) is 20.3. The summed E-state index contributed by atoms with van der Waals surface area (Å²) in [7, 11) is 0. The van der Waals surface area contributed by atoms with E-state index in [1.165, 1.54) is 31.7 Å². The molecule has 0 amide bonds. The van der Waals surface area contributed by atoms with Gasteiger partial charge in [-0.1, -0.05) is 37.3 Å². The molecule has 0 unspecified atom stereocenters. The lowest BCUT2D eigenvalue weighted by Gasteiger charge is -2.47. The van der Waals surface area contributed by atoms with Gasteiger partial charge in [-0.25, -0.2) is 18.7 Å². The van der Waals surface area contributed by atoms with Gasteiger partial charge in [0.1, 0.15) is 17.5 Å². The Morgan fingerprint density at radius 3 is 2.45 bits per heavy atom. The number of rotatable bonds is 4. The van der Waals surface area contributed by atoms with Gasteiger partial charge in [-0.15, -0.1) is 0 Å². The lowest BCUT2D eigenvalue weighted by atomic mass is 9.62. The van der Waals surface area contributed by atoms with Crippen LogP contribution in [0.1, 0.15) is 32.6 Å². The highest BCUT2D eigenvalue weighted by Gasteiger charge is 2.41. The molecule has 7 rings (SSSR count). The van der Waals surface area contributed by atoms with Gasteiger partial charge in [-0.2, -0.15) is 0 Å². The van der Waals surface area contributed by atoms with Gasteiger partial charge in [0, 0.05) is 40.9 Å². The van der Waals surface area contributed by atoms with E-state index in [2.05, 4.69) is 17.2 Å². The maximum atomic E-state index is 14.3. The molecule has 3 saturated carbocycles. The summed E-state index contributed by atoms with van der Waals surface area (Å²) in [4.78, 5) is 12.6. The third-order valence-electron chi connectivity index (χ3n) is 7.69. The summed E-state index contributed by atoms with van der Waals surface area (Å²) in [5.74, 6) is 1.97. The maximum absolute atomic E-state index is 14.3. The quantitative estimate of drug-likeness (QED) is 0.364. The molecule has 0 saturated heterocycles. The van der Waals surface area contributed by atoms with Crippen LogP contribution in [0.5, 0.6) is 0 Å². The molecule has 33 heavy (non-hydrogen) atoms. The van der Waals surface area contributed by atoms with Crippen molar-refractivity contribution in [1.82, 2.24) is 15.0 Å². The fraction of sp³-hybridized carbons (Fsp3) is 0.333. The lowest BCUT2D eigenvalue weighted by molar-refractivity contribution is 0.0928. The maximum Gasteiger partial charge on any atom is 0.164 e. The Hall–Kier alpha value is -3.28. The van der Waals surface area contributed by atoms with E-state index in [1.54, 1.807) is 6.20 Å². The van der Waals surface area contributed by atoms with Crippen LogP contribution in [0, 0.1) is 29.4 Å². The second kappa shape index (κ2) is 7.94. The Morgan fingerprint density at radius 2 is 1.70 bits per heavy atom. The van der Waals surface area contributed by atoms with Crippen LogP contribution in [0.2, 0.25) is 0 Å². The largest absolute Gasteiger partial charge is 0.367 e. The summed E-state index contributed by atoms with van der Waals surface area (Å²) in [6, 6.07) is 14.5. The number of nitrogens with zero attached hydrogens (tertiary/aromatic N) is 2. The third-order valence-corrected chi connectivity index (χ3v) is 7.69. The highest BCUT2D eigenvalue weighted by molar-refractivity contribution is 5.94. The molecule has 2 bridgehead atoms. The third kappa shape index (κ3) is 3.58. The van der Waals surface area contributed by atoms with Crippen LogP contribution in [0.15, 0.2) is 54.7 Å². The summed E-state index contributed by atoms with van der Waals surface area (Å²) in [6.07, 6.45) is 6.82. The normalized spacial score (nSPS) is 24.3. The van der Waals surface area contributed by atoms with Crippen molar-refractivity contribution in [2.24, 2.45) is 17.8 Å². The topological polar surface area (TPSA) is 53.6 Å². The monoisotopic (exact) mass is 444 g/mol. The molecule has 0 aliphatic heterocycles. The van der Waals surface area contributed by atoms with E-state index in [4.69, 9.17) is 9.97 Å². The number of halogens is 2. The number of hydrogen-bond donors (Lipinski definition) is 2. The van der Waals surface area contributed by atoms with E-state index in [1.807, 2.05) is 36.4 Å². The van der Waals surface area contributed by atoms with Gasteiger partial charge in [-0.05, 0) is 49.5 Å². The number of H-pyrrole nitrogens is 1. The van der Waals surface area contributed by atoms with Crippen molar-refractivity contribution in [3.8, 4) is 22.6 Å². The molecule has 4 nitrogen and oxygen atoms in total. The molecule has 3 aliphatic carbocycles. The van der Waals surface area contributed by atoms with E-state index in [-0.39, 0.29) is 5.52 Å². The van der Waals surface area contributed by atoms with Gasteiger partial charge in [0.15, 0.2) is 5.82 Å². The smallest absolute Gasteiger partial charge is 0.164 e. The minimum Gasteiger partial charge on any atom is -0.367 e. The van der Waals surface area contributed by atoms with E-state index >= 15 is 0 Å². The Labute approximate surface area is 191 Å². The standard InChI is InChI=1S/C27H26F2N4/c1-15-16-7-9-18(10-8-16)25(15)32-24-13-23(17-5-3-2-4-6-17)31-27(33-24)21-14-30-26-20(21)11-19(28)12-22(26)29/h2-6,11-16,18,25,30H,7-10H2,1H3,(H,31,32,33)/t15-,16?,18?,25+/m0/s1. The van der Waals surface area contributed by atoms with Crippen LogP contribution in [-0.2, 0) is 0 Å². The van der Waals surface area contributed by atoms with E-state index in [0.29, 0.717) is 34.7 Å². The molecule has 6 heteroatoms. The highest BCUT2D eigenvalue weighted by atomic mass is 19.1. The average Bonchev–Trinajstić information content (AvgIpc) is 3.26. The minimum atomic E-state index is -0.624. The molecular formula is C27H26F2N4. The second-order valence-corrected chi connectivity index (χ2v) is 9.54. The summed E-state index contributed by atoms with van der Waals surface area (Å²) in [5, 5.41) is 4.17. The molecule has 2 N–H and O–H groups in total. The van der Waals surface area contributed by atoms with Crippen molar-refractivity contribution in [2.45, 2.75) is 38.6 Å². The number of hydrogen-bond acceptors (Lipinski definition) is 3. The number of benzene rings is 2. The Kier molecular flexibility index (Phi) is 4.89. The molecule has 2 heterocycles. The van der Waals surface area contributed by atoms with Crippen molar-refractivity contribution in [3.63, 3.8) is 0 Å². The zero-order valence-corrected chi connectivity index (χ0v) is 18.5. The first-order valence-corrected chi connectivity index (χ1v) is 11.7. The Bertz CT molecular complexity index is 1310. The van der Waals surface area contributed by atoms with E-state index in [9.17, 15) is 8.78 Å². The SMILES string of the molecule is C[C@H]1C2CCC(CC2)[C@@H]1Nc1cc(-c2ccccc2)nc(-c2c[nH]c3c(F)cc(F)cc23)n1. The molecule has 3 aliphatic rings. The molecule has 4 aromatic rings. The number of aromatic amines is 1. The Balaban J connectivity index is 1.46. The molecule has 168 valence electrons. The zero-order chi connectivity index (χ0) is 22.5. The number of aromatic nitrogens is 3. The van der Waals surface area contributed by atoms with Crippen molar-refractivity contribution in [1.29, 1.82) is 0 Å². The molecule has 2 aromatic heterocycles. The van der Waals surface area contributed by atoms with Crippen LogP contribution in [-0.4, -0.2) is 21.0 Å². The van der Waals surface area contributed by atoms with Crippen LogP contribution < -0.4 is 5.32 Å². The Morgan fingerprint density at radius 1 is 0.939 bits per heavy atom. The van der Waals surface area contributed by atoms with E-state index < -0.39 is 11.6 Å². The molecule has 0 radical (unpaired) electrons. The van der Waals surface area contributed by atoms with Crippen molar-refractivity contribution >= 4 is 16.7 Å². The van der Waals surface area contributed by atoms with Crippen molar-refractivity contribution < 1.29 is 8.78 Å². The molecular weight excluding hydrogens is 418 g/mol. The zero-order valence-electron chi connectivity index (χ0n) is 18.5. The summed E-state index contributed by atoms with van der Waals surface area (Å²) >= 11 is 0. The van der Waals surface area contributed by atoms with Gasteiger partial charge in [-0.3, -0.25) is 0 Å². The fourth-order valence-corrected chi connectivity index (χ4v) is 5.91. The number of nitrogens with one attached hydrogen (secondary N) is 2.